The normalized spacial score (nSPS) is 13.7. The lowest BCUT2D eigenvalue weighted by Gasteiger charge is -2.37. The third kappa shape index (κ3) is 3.80. The molecule has 0 atom stereocenters. The Labute approximate surface area is 159 Å². The van der Waals surface area contributed by atoms with E-state index in [0.717, 1.165) is 24.5 Å². The van der Waals surface area contributed by atoms with Gasteiger partial charge in [-0.3, -0.25) is 24.3 Å². The maximum absolute atomic E-state index is 13.0. The Morgan fingerprint density at radius 1 is 1.07 bits per heavy atom. The monoisotopic (exact) mass is 367 g/mol. The number of amides is 2. The van der Waals surface area contributed by atoms with Crippen LogP contribution in [0.25, 0.3) is 0 Å². The maximum Gasteiger partial charge on any atom is 0.261 e. The summed E-state index contributed by atoms with van der Waals surface area (Å²) in [5.41, 5.74) is 1.94. The number of anilines is 2. The molecule has 0 N–H and O–H groups in total. The van der Waals surface area contributed by atoms with E-state index in [2.05, 4.69) is 4.90 Å². The van der Waals surface area contributed by atoms with E-state index < -0.39 is 0 Å². The zero-order valence-corrected chi connectivity index (χ0v) is 16.0. The molecule has 1 aliphatic rings. The number of carbonyl (C=O) groups is 2. The summed E-state index contributed by atoms with van der Waals surface area (Å²) in [5.74, 6) is 0.595. The molecule has 0 radical (unpaired) electrons. The van der Waals surface area contributed by atoms with Crippen molar-refractivity contribution in [3.05, 3.63) is 54.1 Å². The standard InChI is InChI=1S/C21H25N3O3/c1-4-22(5-2)14-20(25)24-15-23(16-10-12-17(27-3)13-11-16)21(26)18-8-6-7-9-19(18)24/h6-13H,4-5,14-15H2,1-3H3. The van der Waals surface area contributed by atoms with Gasteiger partial charge in [0.25, 0.3) is 5.91 Å². The third-order valence-electron chi connectivity index (χ3n) is 4.89. The van der Waals surface area contributed by atoms with Crippen LogP contribution in [0.1, 0.15) is 24.2 Å². The van der Waals surface area contributed by atoms with Gasteiger partial charge in [0.1, 0.15) is 12.4 Å². The molecule has 6 heteroatoms. The topological polar surface area (TPSA) is 53.1 Å². The minimum atomic E-state index is -0.109. The van der Waals surface area contributed by atoms with E-state index >= 15 is 0 Å². The number of rotatable bonds is 6. The zero-order valence-electron chi connectivity index (χ0n) is 16.0. The molecule has 1 heterocycles. The first kappa shape index (κ1) is 18.9. The van der Waals surface area contributed by atoms with Crippen molar-refractivity contribution < 1.29 is 14.3 Å². The number of ether oxygens (including phenoxy) is 1. The Hall–Kier alpha value is -2.86. The number of likely N-dealkylation sites (N-methyl/N-ethyl adjacent to an activating group) is 1. The summed E-state index contributed by atoms with van der Waals surface area (Å²) in [7, 11) is 1.60. The van der Waals surface area contributed by atoms with Crippen LogP contribution in [-0.2, 0) is 4.79 Å². The summed E-state index contributed by atoms with van der Waals surface area (Å²) in [6.07, 6.45) is 0. The van der Waals surface area contributed by atoms with Gasteiger partial charge in [-0.2, -0.15) is 0 Å². The van der Waals surface area contributed by atoms with Crippen molar-refractivity contribution in [2.24, 2.45) is 0 Å². The first-order valence-electron chi connectivity index (χ1n) is 9.16. The van der Waals surface area contributed by atoms with Gasteiger partial charge < -0.3 is 4.74 Å². The van der Waals surface area contributed by atoms with Crippen molar-refractivity contribution >= 4 is 23.2 Å². The molecule has 6 nitrogen and oxygen atoms in total. The molecule has 0 saturated heterocycles. The van der Waals surface area contributed by atoms with Gasteiger partial charge in [0.2, 0.25) is 5.91 Å². The average Bonchev–Trinajstić information content (AvgIpc) is 2.72. The lowest BCUT2D eigenvalue weighted by molar-refractivity contribution is -0.119. The van der Waals surface area contributed by atoms with Gasteiger partial charge in [0.15, 0.2) is 0 Å². The summed E-state index contributed by atoms with van der Waals surface area (Å²) in [6, 6.07) is 14.6. The van der Waals surface area contributed by atoms with E-state index in [1.54, 1.807) is 23.0 Å². The predicted molar refractivity (Wildman–Crippen MR) is 106 cm³/mol. The molecule has 142 valence electrons. The molecule has 0 saturated carbocycles. The van der Waals surface area contributed by atoms with Crippen LogP contribution in [0.5, 0.6) is 5.75 Å². The van der Waals surface area contributed by atoms with Crippen LogP contribution in [-0.4, -0.2) is 50.1 Å². The van der Waals surface area contributed by atoms with Crippen molar-refractivity contribution in [1.82, 2.24) is 4.90 Å². The van der Waals surface area contributed by atoms with Gasteiger partial charge in [-0.1, -0.05) is 26.0 Å². The Bertz CT molecular complexity index is 816. The van der Waals surface area contributed by atoms with Gasteiger partial charge >= 0.3 is 0 Å². The van der Waals surface area contributed by atoms with Crippen molar-refractivity contribution in [3.8, 4) is 5.75 Å². The number of benzene rings is 2. The first-order valence-corrected chi connectivity index (χ1v) is 9.16. The molecule has 2 amide bonds. The van der Waals surface area contributed by atoms with Crippen LogP contribution in [0.3, 0.4) is 0 Å². The summed E-state index contributed by atoms with van der Waals surface area (Å²) >= 11 is 0. The third-order valence-corrected chi connectivity index (χ3v) is 4.89. The van der Waals surface area contributed by atoms with E-state index in [1.807, 2.05) is 56.3 Å². The molecule has 2 aromatic carbocycles. The number of hydrogen-bond acceptors (Lipinski definition) is 4. The minimum Gasteiger partial charge on any atom is -0.497 e. The molecular formula is C21H25N3O3. The molecule has 0 aliphatic carbocycles. The number of nitrogens with zero attached hydrogens (tertiary/aromatic N) is 3. The number of fused-ring (bicyclic) bond motifs is 1. The molecule has 27 heavy (non-hydrogen) atoms. The van der Waals surface area contributed by atoms with Gasteiger partial charge in [-0.05, 0) is 49.5 Å². The highest BCUT2D eigenvalue weighted by atomic mass is 16.5. The van der Waals surface area contributed by atoms with Gasteiger partial charge in [-0.15, -0.1) is 0 Å². The van der Waals surface area contributed by atoms with E-state index in [4.69, 9.17) is 4.74 Å². The molecule has 3 rings (SSSR count). The second-order valence-corrected chi connectivity index (χ2v) is 6.37. The molecule has 0 bridgehead atoms. The molecule has 1 aliphatic heterocycles. The number of para-hydroxylation sites is 1. The summed E-state index contributed by atoms with van der Waals surface area (Å²) in [5, 5.41) is 0. The van der Waals surface area contributed by atoms with E-state index in [1.165, 1.54) is 0 Å². The van der Waals surface area contributed by atoms with Crippen LogP contribution in [0.15, 0.2) is 48.5 Å². The van der Waals surface area contributed by atoms with Crippen molar-refractivity contribution in [2.75, 3.05) is 43.2 Å². The van der Waals surface area contributed by atoms with Crippen LogP contribution in [0.2, 0.25) is 0 Å². The lowest BCUT2D eigenvalue weighted by atomic mass is 10.1. The first-order chi connectivity index (χ1) is 13.1. The number of hydrogen-bond donors (Lipinski definition) is 0. The fraction of sp³-hybridized carbons (Fsp3) is 0.333. The van der Waals surface area contributed by atoms with Crippen LogP contribution in [0.4, 0.5) is 11.4 Å². The second kappa shape index (κ2) is 8.22. The van der Waals surface area contributed by atoms with Crippen LogP contribution >= 0.6 is 0 Å². The molecule has 0 fully saturated rings. The molecular weight excluding hydrogens is 342 g/mol. The fourth-order valence-electron chi connectivity index (χ4n) is 3.22. The smallest absolute Gasteiger partial charge is 0.261 e. The fourth-order valence-corrected chi connectivity index (χ4v) is 3.22. The maximum atomic E-state index is 13.0. The van der Waals surface area contributed by atoms with E-state index in [0.29, 0.717) is 17.8 Å². The largest absolute Gasteiger partial charge is 0.497 e. The van der Waals surface area contributed by atoms with Gasteiger partial charge in [0, 0.05) is 5.69 Å². The highest BCUT2D eigenvalue weighted by molar-refractivity contribution is 6.15. The van der Waals surface area contributed by atoms with Crippen LogP contribution < -0.4 is 14.5 Å². The Morgan fingerprint density at radius 2 is 1.74 bits per heavy atom. The predicted octanol–water partition coefficient (Wildman–Crippen LogP) is 2.99. The molecule has 0 spiro atoms. The van der Waals surface area contributed by atoms with Crippen molar-refractivity contribution in [1.29, 1.82) is 0 Å². The highest BCUT2D eigenvalue weighted by Crippen LogP contribution is 2.31. The minimum absolute atomic E-state index is 0.0165. The Morgan fingerprint density at radius 3 is 2.37 bits per heavy atom. The molecule has 2 aromatic rings. The second-order valence-electron chi connectivity index (χ2n) is 6.37. The van der Waals surface area contributed by atoms with Gasteiger partial charge in [-0.25, -0.2) is 0 Å². The Balaban J connectivity index is 1.94. The van der Waals surface area contributed by atoms with Crippen LogP contribution in [0, 0.1) is 0 Å². The molecule has 0 aromatic heterocycles. The highest BCUT2D eigenvalue weighted by Gasteiger charge is 2.33. The number of carbonyl (C=O) groups excluding carboxylic acids is 2. The Kier molecular flexibility index (Phi) is 5.76. The summed E-state index contributed by atoms with van der Waals surface area (Å²) in [6.45, 7) is 6.20. The zero-order chi connectivity index (χ0) is 19.4. The molecule has 0 unspecified atom stereocenters. The SMILES string of the molecule is CCN(CC)CC(=O)N1CN(c2ccc(OC)cc2)C(=O)c2ccccc21. The number of methoxy groups -OCH3 is 1. The average molecular weight is 367 g/mol. The van der Waals surface area contributed by atoms with E-state index in [-0.39, 0.29) is 18.5 Å². The lowest BCUT2D eigenvalue weighted by Crippen LogP contribution is -2.52. The van der Waals surface area contributed by atoms with Crippen molar-refractivity contribution in [2.45, 2.75) is 13.8 Å². The summed E-state index contributed by atoms with van der Waals surface area (Å²) in [4.78, 5) is 31.4. The van der Waals surface area contributed by atoms with Gasteiger partial charge in [0.05, 0.1) is 24.9 Å². The van der Waals surface area contributed by atoms with Crippen molar-refractivity contribution in [3.63, 3.8) is 0 Å². The quantitative estimate of drug-likeness (QED) is 0.788. The summed E-state index contributed by atoms with van der Waals surface area (Å²) < 4.78 is 5.19. The van der Waals surface area contributed by atoms with E-state index in [9.17, 15) is 9.59 Å².